The van der Waals surface area contributed by atoms with E-state index in [1.54, 1.807) is 11.0 Å². The molecule has 8 nitrogen and oxygen atoms in total. The molecule has 3 rings (SSSR count). The summed E-state index contributed by atoms with van der Waals surface area (Å²) in [4.78, 5) is 25.5. The number of rotatable bonds is 2. The fourth-order valence-corrected chi connectivity index (χ4v) is 2.86. The SMILES string of the molecule is CC(C)(C)OC(=O)N1CCCc2cc(-c3n[nH]nc3C(N)=O)ccc21. The van der Waals surface area contributed by atoms with Crippen molar-refractivity contribution in [1.82, 2.24) is 15.4 Å². The van der Waals surface area contributed by atoms with Crippen molar-refractivity contribution in [3.63, 3.8) is 0 Å². The molecule has 2 heterocycles. The number of primary amides is 1. The number of H-pyrrole nitrogens is 1. The summed E-state index contributed by atoms with van der Waals surface area (Å²) in [5.74, 6) is -0.642. The minimum atomic E-state index is -0.642. The average Bonchev–Trinajstić information content (AvgIpc) is 3.02. The summed E-state index contributed by atoms with van der Waals surface area (Å²) in [6.07, 6.45) is 1.30. The highest BCUT2D eigenvalue weighted by molar-refractivity contribution is 5.97. The van der Waals surface area contributed by atoms with Crippen LogP contribution in [0.5, 0.6) is 0 Å². The van der Waals surface area contributed by atoms with Crippen molar-refractivity contribution < 1.29 is 14.3 Å². The van der Waals surface area contributed by atoms with Gasteiger partial charge in [-0.15, -0.1) is 0 Å². The molecular weight excluding hydrogens is 322 g/mol. The fourth-order valence-electron chi connectivity index (χ4n) is 2.86. The second kappa shape index (κ2) is 6.19. The van der Waals surface area contributed by atoms with Crippen molar-refractivity contribution in [3.05, 3.63) is 29.5 Å². The number of carbonyl (C=O) groups excluding carboxylic acids is 2. The Morgan fingerprint density at radius 2 is 2.04 bits per heavy atom. The second-order valence-corrected chi connectivity index (χ2v) is 6.96. The number of hydrogen-bond acceptors (Lipinski definition) is 5. The van der Waals surface area contributed by atoms with Gasteiger partial charge in [0.2, 0.25) is 0 Å². The lowest BCUT2D eigenvalue weighted by molar-refractivity contribution is 0.0577. The van der Waals surface area contributed by atoms with E-state index < -0.39 is 11.5 Å². The van der Waals surface area contributed by atoms with Crippen LogP contribution < -0.4 is 10.6 Å². The largest absolute Gasteiger partial charge is 0.443 e. The Balaban J connectivity index is 1.94. The van der Waals surface area contributed by atoms with E-state index in [-0.39, 0.29) is 11.8 Å². The van der Waals surface area contributed by atoms with Gasteiger partial charge >= 0.3 is 6.09 Å². The molecule has 3 N–H and O–H groups in total. The van der Waals surface area contributed by atoms with Gasteiger partial charge < -0.3 is 10.5 Å². The number of anilines is 1. The molecule has 132 valence electrons. The van der Waals surface area contributed by atoms with Crippen LogP contribution in [0.1, 0.15) is 43.2 Å². The standard InChI is InChI=1S/C17H21N5O3/c1-17(2,3)25-16(24)22-8-4-5-10-9-11(6-7-12(10)22)13-14(15(18)23)20-21-19-13/h6-7,9H,4-5,8H2,1-3H3,(H2,18,23)(H,19,20,21). The molecule has 2 amide bonds. The third-order valence-corrected chi connectivity index (χ3v) is 3.87. The lowest BCUT2D eigenvalue weighted by Gasteiger charge is -2.31. The molecule has 0 aliphatic carbocycles. The fraction of sp³-hybridized carbons (Fsp3) is 0.412. The Kier molecular flexibility index (Phi) is 4.20. The summed E-state index contributed by atoms with van der Waals surface area (Å²) in [5.41, 5.74) is 7.81. The highest BCUT2D eigenvalue weighted by Crippen LogP contribution is 2.32. The first kappa shape index (κ1) is 16.9. The summed E-state index contributed by atoms with van der Waals surface area (Å²) >= 11 is 0. The van der Waals surface area contributed by atoms with E-state index in [2.05, 4.69) is 15.4 Å². The highest BCUT2D eigenvalue weighted by atomic mass is 16.6. The van der Waals surface area contributed by atoms with E-state index in [0.29, 0.717) is 12.2 Å². The van der Waals surface area contributed by atoms with E-state index >= 15 is 0 Å². The molecule has 25 heavy (non-hydrogen) atoms. The van der Waals surface area contributed by atoms with Crippen LogP contribution in [0.3, 0.4) is 0 Å². The van der Waals surface area contributed by atoms with Crippen molar-refractivity contribution in [3.8, 4) is 11.3 Å². The number of fused-ring (bicyclic) bond motifs is 1. The summed E-state index contributed by atoms with van der Waals surface area (Å²) in [5, 5.41) is 10.2. The Morgan fingerprint density at radius 3 is 2.72 bits per heavy atom. The van der Waals surface area contributed by atoms with Crippen LogP contribution >= 0.6 is 0 Å². The lowest BCUT2D eigenvalue weighted by atomic mass is 9.98. The van der Waals surface area contributed by atoms with Crippen molar-refractivity contribution in [2.24, 2.45) is 5.73 Å². The van der Waals surface area contributed by atoms with Crippen LogP contribution in [0, 0.1) is 0 Å². The van der Waals surface area contributed by atoms with Crippen molar-refractivity contribution >= 4 is 17.7 Å². The molecule has 0 spiro atoms. The van der Waals surface area contributed by atoms with Gasteiger partial charge in [0.1, 0.15) is 11.3 Å². The van der Waals surface area contributed by atoms with E-state index in [4.69, 9.17) is 10.5 Å². The van der Waals surface area contributed by atoms with Gasteiger partial charge in [-0.05, 0) is 51.3 Å². The van der Waals surface area contributed by atoms with Gasteiger partial charge in [-0.25, -0.2) is 4.79 Å². The monoisotopic (exact) mass is 343 g/mol. The number of hydrogen-bond donors (Lipinski definition) is 2. The Bertz CT molecular complexity index is 822. The van der Waals surface area contributed by atoms with E-state index in [0.717, 1.165) is 29.7 Å². The van der Waals surface area contributed by atoms with Crippen molar-refractivity contribution in [2.75, 3.05) is 11.4 Å². The van der Waals surface area contributed by atoms with Gasteiger partial charge in [0.05, 0.1) is 5.69 Å². The average molecular weight is 343 g/mol. The summed E-state index contributed by atoms with van der Waals surface area (Å²) in [6, 6.07) is 5.55. The number of aromatic nitrogens is 3. The Labute approximate surface area is 145 Å². The van der Waals surface area contributed by atoms with Gasteiger partial charge in [0.15, 0.2) is 5.69 Å². The Morgan fingerprint density at radius 1 is 1.28 bits per heavy atom. The van der Waals surface area contributed by atoms with Crippen LogP contribution in [0.15, 0.2) is 18.2 Å². The summed E-state index contributed by atoms with van der Waals surface area (Å²) < 4.78 is 5.49. The zero-order valence-electron chi connectivity index (χ0n) is 14.5. The van der Waals surface area contributed by atoms with Crippen molar-refractivity contribution in [2.45, 2.75) is 39.2 Å². The second-order valence-electron chi connectivity index (χ2n) is 6.96. The van der Waals surface area contributed by atoms with Crippen LogP contribution in [-0.4, -0.2) is 39.6 Å². The number of amides is 2. The summed E-state index contributed by atoms with van der Waals surface area (Å²) in [6.45, 7) is 6.14. The lowest BCUT2D eigenvalue weighted by Crippen LogP contribution is -2.39. The normalized spacial score (nSPS) is 14.1. The van der Waals surface area contributed by atoms with E-state index in [1.165, 1.54) is 0 Å². The van der Waals surface area contributed by atoms with Crippen molar-refractivity contribution in [1.29, 1.82) is 0 Å². The van der Waals surface area contributed by atoms with Gasteiger partial charge in [-0.2, -0.15) is 15.4 Å². The molecule has 0 saturated heterocycles. The topological polar surface area (TPSA) is 114 Å². The van der Waals surface area contributed by atoms with Crippen LogP contribution in [-0.2, 0) is 11.2 Å². The number of ether oxygens (including phenoxy) is 1. The van der Waals surface area contributed by atoms with Gasteiger partial charge in [-0.1, -0.05) is 6.07 Å². The maximum atomic E-state index is 12.4. The number of aryl methyl sites for hydroxylation is 1. The van der Waals surface area contributed by atoms with E-state index in [9.17, 15) is 9.59 Å². The molecule has 1 aromatic carbocycles. The smallest absolute Gasteiger partial charge is 0.414 e. The first-order valence-corrected chi connectivity index (χ1v) is 8.10. The molecule has 0 atom stereocenters. The number of nitrogens with two attached hydrogens (primary N) is 1. The number of benzene rings is 1. The number of aromatic amines is 1. The molecule has 8 heteroatoms. The predicted molar refractivity (Wildman–Crippen MR) is 92.2 cm³/mol. The highest BCUT2D eigenvalue weighted by Gasteiger charge is 2.28. The molecule has 1 aliphatic heterocycles. The van der Waals surface area contributed by atoms with Crippen LogP contribution in [0.25, 0.3) is 11.3 Å². The zero-order valence-corrected chi connectivity index (χ0v) is 14.5. The maximum absolute atomic E-state index is 12.4. The molecule has 0 saturated carbocycles. The number of carbonyl (C=O) groups is 2. The molecule has 0 unspecified atom stereocenters. The third kappa shape index (κ3) is 3.47. The molecule has 2 aromatic rings. The molecule has 0 radical (unpaired) electrons. The minimum Gasteiger partial charge on any atom is -0.443 e. The minimum absolute atomic E-state index is 0.0970. The van der Waals surface area contributed by atoms with Gasteiger partial charge in [-0.3, -0.25) is 9.69 Å². The predicted octanol–water partition coefficient (Wildman–Crippen LogP) is 2.26. The third-order valence-electron chi connectivity index (χ3n) is 3.87. The van der Waals surface area contributed by atoms with Gasteiger partial charge in [0, 0.05) is 12.1 Å². The Hall–Kier alpha value is -2.90. The van der Waals surface area contributed by atoms with Crippen LogP contribution in [0.2, 0.25) is 0 Å². The quantitative estimate of drug-likeness (QED) is 0.868. The first-order valence-electron chi connectivity index (χ1n) is 8.10. The van der Waals surface area contributed by atoms with Gasteiger partial charge in [0.25, 0.3) is 5.91 Å². The molecule has 0 fully saturated rings. The molecule has 1 aromatic heterocycles. The maximum Gasteiger partial charge on any atom is 0.414 e. The zero-order chi connectivity index (χ0) is 18.2. The molecular formula is C17H21N5O3. The molecule has 1 aliphatic rings. The van der Waals surface area contributed by atoms with E-state index in [1.807, 2.05) is 32.9 Å². The molecule has 0 bridgehead atoms. The number of nitrogens with zero attached hydrogens (tertiary/aromatic N) is 3. The first-order chi connectivity index (χ1) is 11.8. The van der Waals surface area contributed by atoms with Crippen LogP contribution in [0.4, 0.5) is 10.5 Å². The summed E-state index contributed by atoms with van der Waals surface area (Å²) in [7, 11) is 0. The number of nitrogens with one attached hydrogen (secondary N) is 1.